The summed E-state index contributed by atoms with van der Waals surface area (Å²) in [7, 11) is 0. The fraction of sp³-hybridized carbons (Fsp3) is 0.556. The van der Waals surface area contributed by atoms with Gasteiger partial charge in [-0.2, -0.15) is 0 Å². The Bertz CT molecular complexity index is 704. The van der Waals surface area contributed by atoms with Gasteiger partial charge < -0.3 is 14.4 Å². The Morgan fingerprint density at radius 1 is 1.31 bits per heavy atom. The Kier molecular flexibility index (Phi) is 5.53. The molecule has 1 heterocycles. The molecule has 142 valence electrons. The maximum atomic E-state index is 12.2. The lowest BCUT2D eigenvalue weighted by molar-refractivity contribution is -0.385. The van der Waals surface area contributed by atoms with E-state index in [9.17, 15) is 19.7 Å². The monoisotopic (exact) mass is 364 g/mol. The molecular formula is C18H24N2O6. The summed E-state index contributed by atoms with van der Waals surface area (Å²) in [5, 5.41) is 11.1. The van der Waals surface area contributed by atoms with Crippen LogP contribution in [0.4, 0.5) is 10.5 Å². The molecule has 1 amide bonds. The SMILES string of the molecule is CCOC(=O)CC1(c2cccc([N+](=O)[O-])c2)CN(C(=O)OC(C)(C)C)C1. The number of non-ortho nitro benzene ring substituents is 1. The van der Waals surface area contributed by atoms with Crippen LogP contribution in [0.25, 0.3) is 0 Å². The number of esters is 1. The number of nitro groups is 1. The lowest BCUT2D eigenvalue weighted by Gasteiger charge is -2.49. The summed E-state index contributed by atoms with van der Waals surface area (Å²) >= 11 is 0. The van der Waals surface area contributed by atoms with E-state index in [-0.39, 0.29) is 31.8 Å². The molecule has 0 aromatic heterocycles. The van der Waals surface area contributed by atoms with E-state index in [2.05, 4.69) is 0 Å². The maximum absolute atomic E-state index is 12.2. The number of likely N-dealkylation sites (tertiary alicyclic amines) is 1. The number of amides is 1. The van der Waals surface area contributed by atoms with Crippen molar-refractivity contribution in [2.24, 2.45) is 0 Å². The van der Waals surface area contributed by atoms with Crippen molar-refractivity contribution < 1.29 is 24.0 Å². The molecule has 0 atom stereocenters. The van der Waals surface area contributed by atoms with E-state index in [1.54, 1.807) is 39.8 Å². The average Bonchev–Trinajstić information content (AvgIpc) is 2.49. The zero-order chi connectivity index (χ0) is 19.5. The van der Waals surface area contributed by atoms with Gasteiger partial charge in [0.25, 0.3) is 5.69 Å². The van der Waals surface area contributed by atoms with Crippen LogP contribution in [-0.2, 0) is 19.7 Å². The third-order valence-corrected chi connectivity index (χ3v) is 4.10. The molecular weight excluding hydrogens is 340 g/mol. The van der Waals surface area contributed by atoms with Crippen molar-refractivity contribution >= 4 is 17.7 Å². The maximum Gasteiger partial charge on any atom is 0.410 e. The molecule has 0 radical (unpaired) electrons. The summed E-state index contributed by atoms with van der Waals surface area (Å²) in [6, 6.07) is 6.16. The molecule has 1 aliphatic rings. The molecule has 2 rings (SSSR count). The van der Waals surface area contributed by atoms with Crippen LogP contribution in [0.3, 0.4) is 0 Å². The molecule has 0 bridgehead atoms. The lowest BCUT2D eigenvalue weighted by atomic mass is 9.71. The average molecular weight is 364 g/mol. The molecule has 1 fully saturated rings. The van der Waals surface area contributed by atoms with E-state index in [0.29, 0.717) is 5.56 Å². The van der Waals surface area contributed by atoms with Gasteiger partial charge in [0.05, 0.1) is 18.0 Å². The third-order valence-electron chi connectivity index (χ3n) is 4.10. The predicted molar refractivity (Wildman–Crippen MR) is 93.8 cm³/mol. The van der Waals surface area contributed by atoms with Crippen LogP contribution < -0.4 is 0 Å². The number of benzene rings is 1. The van der Waals surface area contributed by atoms with Crippen LogP contribution in [0, 0.1) is 10.1 Å². The van der Waals surface area contributed by atoms with Gasteiger partial charge in [0.2, 0.25) is 0 Å². The van der Waals surface area contributed by atoms with Crippen LogP contribution >= 0.6 is 0 Å². The molecule has 1 aromatic carbocycles. The molecule has 0 N–H and O–H groups in total. The molecule has 0 aliphatic carbocycles. The largest absolute Gasteiger partial charge is 0.466 e. The Hall–Kier alpha value is -2.64. The fourth-order valence-corrected chi connectivity index (χ4v) is 2.97. The first-order valence-electron chi connectivity index (χ1n) is 8.45. The van der Waals surface area contributed by atoms with Gasteiger partial charge in [-0.1, -0.05) is 12.1 Å². The van der Waals surface area contributed by atoms with Crippen molar-refractivity contribution in [2.45, 2.75) is 45.1 Å². The quantitative estimate of drug-likeness (QED) is 0.452. The number of nitrogens with zero attached hydrogens (tertiary/aromatic N) is 2. The first kappa shape index (κ1) is 19.7. The van der Waals surface area contributed by atoms with Crippen molar-refractivity contribution in [3.63, 3.8) is 0 Å². The van der Waals surface area contributed by atoms with Crippen molar-refractivity contribution in [3.8, 4) is 0 Å². The first-order chi connectivity index (χ1) is 12.1. The topological polar surface area (TPSA) is 99.0 Å². The summed E-state index contributed by atoms with van der Waals surface area (Å²) in [5.74, 6) is -0.400. The van der Waals surface area contributed by atoms with E-state index in [1.165, 1.54) is 17.0 Å². The van der Waals surface area contributed by atoms with Crippen LogP contribution in [-0.4, -0.2) is 47.2 Å². The highest BCUT2D eigenvalue weighted by Gasteiger charge is 2.49. The Balaban J connectivity index is 2.24. The zero-order valence-electron chi connectivity index (χ0n) is 15.5. The molecule has 0 spiro atoms. The van der Waals surface area contributed by atoms with E-state index >= 15 is 0 Å². The summed E-state index contributed by atoms with van der Waals surface area (Å²) in [4.78, 5) is 36.4. The second-order valence-electron chi connectivity index (χ2n) is 7.41. The summed E-state index contributed by atoms with van der Waals surface area (Å²) in [6.45, 7) is 7.76. The van der Waals surface area contributed by atoms with E-state index < -0.39 is 28.0 Å². The van der Waals surface area contributed by atoms with Crippen LogP contribution in [0.2, 0.25) is 0 Å². The molecule has 8 nitrogen and oxygen atoms in total. The molecule has 1 aliphatic heterocycles. The van der Waals surface area contributed by atoms with Crippen LogP contribution in [0.5, 0.6) is 0 Å². The van der Waals surface area contributed by atoms with Crippen LogP contribution in [0.1, 0.15) is 39.7 Å². The van der Waals surface area contributed by atoms with Gasteiger partial charge in [0, 0.05) is 30.6 Å². The molecule has 8 heteroatoms. The third kappa shape index (κ3) is 4.50. The number of rotatable bonds is 5. The van der Waals surface area contributed by atoms with Gasteiger partial charge in [-0.15, -0.1) is 0 Å². The van der Waals surface area contributed by atoms with Gasteiger partial charge in [-0.05, 0) is 33.3 Å². The van der Waals surface area contributed by atoms with Crippen molar-refractivity contribution in [1.29, 1.82) is 0 Å². The van der Waals surface area contributed by atoms with E-state index in [1.807, 2.05) is 0 Å². The van der Waals surface area contributed by atoms with Gasteiger partial charge in [0.15, 0.2) is 0 Å². The highest BCUT2D eigenvalue weighted by atomic mass is 16.6. The van der Waals surface area contributed by atoms with Gasteiger partial charge in [-0.25, -0.2) is 4.79 Å². The highest BCUT2D eigenvalue weighted by molar-refractivity contribution is 5.75. The number of carbonyl (C=O) groups excluding carboxylic acids is 2. The second-order valence-corrected chi connectivity index (χ2v) is 7.41. The predicted octanol–water partition coefficient (Wildman–Crippen LogP) is 3.04. The minimum atomic E-state index is -0.713. The number of nitro benzene ring substituents is 1. The van der Waals surface area contributed by atoms with Gasteiger partial charge in [0.1, 0.15) is 5.60 Å². The van der Waals surface area contributed by atoms with Gasteiger partial charge in [-0.3, -0.25) is 14.9 Å². The smallest absolute Gasteiger partial charge is 0.410 e. The van der Waals surface area contributed by atoms with E-state index in [0.717, 1.165) is 0 Å². The zero-order valence-corrected chi connectivity index (χ0v) is 15.5. The minimum absolute atomic E-state index is 0.0430. The highest BCUT2D eigenvalue weighted by Crippen LogP contribution is 2.40. The Morgan fingerprint density at radius 2 is 1.96 bits per heavy atom. The van der Waals surface area contributed by atoms with Crippen molar-refractivity contribution in [1.82, 2.24) is 4.90 Å². The molecule has 1 aromatic rings. The number of carbonyl (C=O) groups is 2. The summed E-state index contributed by atoms with van der Waals surface area (Å²) in [5.41, 5.74) is -0.752. The molecule has 0 unspecified atom stereocenters. The molecule has 26 heavy (non-hydrogen) atoms. The van der Waals surface area contributed by atoms with Crippen molar-refractivity contribution in [2.75, 3.05) is 19.7 Å². The normalized spacial score (nSPS) is 15.8. The number of hydrogen-bond acceptors (Lipinski definition) is 6. The minimum Gasteiger partial charge on any atom is -0.466 e. The Morgan fingerprint density at radius 3 is 2.50 bits per heavy atom. The fourth-order valence-electron chi connectivity index (χ4n) is 2.97. The van der Waals surface area contributed by atoms with Crippen LogP contribution in [0.15, 0.2) is 24.3 Å². The lowest BCUT2D eigenvalue weighted by Crippen LogP contribution is -2.62. The molecule has 1 saturated heterocycles. The summed E-state index contributed by atoms with van der Waals surface area (Å²) < 4.78 is 10.4. The number of ether oxygens (including phenoxy) is 2. The second kappa shape index (κ2) is 7.31. The first-order valence-corrected chi connectivity index (χ1v) is 8.45. The van der Waals surface area contributed by atoms with E-state index in [4.69, 9.17) is 9.47 Å². The van der Waals surface area contributed by atoms with Crippen molar-refractivity contribution in [3.05, 3.63) is 39.9 Å². The summed E-state index contributed by atoms with van der Waals surface area (Å²) in [6.07, 6.45) is -0.427. The standard InChI is InChI=1S/C18H24N2O6/c1-5-25-15(21)10-18(13-7-6-8-14(9-13)20(23)24)11-19(12-18)16(22)26-17(2,3)4/h6-9H,5,10-12H2,1-4H3. The Labute approximate surface area is 152 Å². The van der Waals surface area contributed by atoms with Gasteiger partial charge >= 0.3 is 12.1 Å². The number of hydrogen-bond donors (Lipinski definition) is 0. The molecule has 0 saturated carbocycles.